The molecule has 4 nitrogen and oxygen atoms in total. The van der Waals surface area contributed by atoms with Crippen LogP contribution in [0.1, 0.15) is 13.8 Å². The molecule has 0 aliphatic heterocycles. The third-order valence-corrected chi connectivity index (χ3v) is 3.52. The van der Waals surface area contributed by atoms with Crippen molar-refractivity contribution in [2.45, 2.75) is 26.2 Å². The van der Waals surface area contributed by atoms with Crippen molar-refractivity contribution in [3.05, 3.63) is 23.4 Å². The van der Waals surface area contributed by atoms with E-state index in [-0.39, 0.29) is 0 Å². The third-order valence-electron chi connectivity index (χ3n) is 2.03. The first kappa shape index (κ1) is 11.7. The molecule has 0 heterocycles. The molecule has 0 saturated heterocycles. The Kier molecular flexibility index (Phi) is 3.46. The van der Waals surface area contributed by atoms with Gasteiger partial charge in [0, 0.05) is 19.9 Å². The summed E-state index contributed by atoms with van der Waals surface area (Å²) in [4.78, 5) is 22.0. The molecule has 1 aliphatic carbocycles. The number of esters is 2. The van der Waals surface area contributed by atoms with E-state index in [2.05, 4.69) is 0 Å². The number of hydrogen-bond donors (Lipinski definition) is 0. The van der Waals surface area contributed by atoms with E-state index in [0.717, 1.165) is 5.20 Å². The SMILES string of the molecule is C[SiH2]C1=CC=CC1(OC(C)=O)OC(C)=O. The largest absolute Gasteiger partial charge is 0.415 e. The Morgan fingerprint density at radius 2 is 1.80 bits per heavy atom. The van der Waals surface area contributed by atoms with Crippen molar-refractivity contribution in [2.24, 2.45) is 0 Å². The zero-order chi connectivity index (χ0) is 11.5. The van der Waals surface area contributed by atoms with Crippen molar-refractivity contribution < 1.29 is 19.1 Å². The highest BCUT2D eigenvalue weighted by Gasteiger charge is 2.39. The van der Waals surface area contributed by atoms with Gasteiger partial charge in [-0.05, 0) is 5.20 Å². The molecule has 82 valence electrons. The Morgan fingerprint density at radius 3 is 2.20 bits per heavy atom. The Balaban J connectivity index is 2.96. The zero-order valence-electron chi connectivity index (χ0n) is 9.07. The second-order valence-electron chi connectivity index (χ2n) is 3.26. The quantitative estimate of drug-likeness (QED) is 0.399. The van der Waals surface area contributed by atoms with E-state index in [1.807, 2.05) is 12.6 Å². The predicted molar refractivity (Wildman–Crippen MR) is 57.9 cm³/mol. The van der Waals surface area contributed by atoms with Crippen LogP contribution in [-0.2, 0) is 19.1 Å². The van der Waals surface area contributed by atoms with E-state index >= 15 is 0 Å². The molecular weight excluding hydrogens is 212 g/mol. The second-order valence-corrected chi connectivity index (χ2v) is 4.73. The Bertz CT molecular complexity index is 327. The minimum Gasteiger partial charge on any atom is -0.415 e. The van der Waals surface area contributed by atoms with E-state index in [0.29, 0.717) is 0 Å². The topological polar surface area (TPSA) is 52.6 Å². The summed E-state index contributed by atoms with van der Waals surface area (Å²) < 4.78 is 10.2. The van der Waals surface area contributed by atoms with Gasteiger partial charge in [0.1, 0.15) is 0 Å². The molecule has 0 unspecified atom stereocenters. The molecule has 15 heavy (non-hydrogen) atoms. The van der Waals surface area contributed by atoms with Gasteiger partial charge in [-0.15, -0.1) is 0 Å². The number of ether oxygens (including phenoxy) is 2. The van der Waals surface area contributed by atoms with Gasteiger partial charge in [0.25, 0.3) is 5.79 Å². The molecule has 1 aliphatic rings. The van der Waals surface area contributed by atoms with Crippen LogP contribution >= 0.6 is 0 Å². The molecule has 0 saturated carbocycles. The number of carbonyl (C=O) groups excluding carboxylic acids is 2. The molecule has 0 fully saturated rings. The van der Waals surface area contributed by atoms with E-state index in [1.165, 1.54) is 13.8 Å². The van der Waals surface area contributed by atoms with Crippen molar-refractivity contribution >= 4 is 21.5 Å². The molecule has 5 heteroatoms. The molecule has 0 atom stereocenters. The standard InChI is InChI=1S/C10H14O4Si/c1-7(11)13-10(14-8(2)12)6-4-5-9(10)15-3/h4-6H,15H2,1-3H3. The highest BCUT2D eigenvalue weighted by atomic mass is 28.2. The van der Waals surface area contributed by atoms with Gasteiger partial charge in [-0.25, -0.2) is 0 Å². The summed E-state index contributed by atoms with van der Waals surface area (Å²) in [5.74, 6) is -2.18. The van der Waals surface area contributed by atoms with Gasteiger partial charge in [-0.1, -0.05) is 18.7 Å². The van der Waals surface area contributed by atoms with E-state index in [4.69, 9.17) is 9.47 Å². The molecular formula is C10H14O4Si. The molecule has 0 aromatic carbocycles. The maximum absolute atomic E-state index is 11.0. The summed E-state index contributed by atoms with van der Waals surface area (Å²) in [6.07, 6.45) is 5.19. The van der Waals surface area contributed by atoms with Gasteiger partial charge in [-0.2, -0.15) is 0 Å². The Morgan fingerprint density at radius 1 is 1.27 bits per heavy atom. The van der Waals surface area contributed by atoms with Gasteiger partial charge in [0.2, 0.25) is 0 Å². The maximum Gasteiger partial charge on any atom is 0.306 e. The monoisotopic (exact) mass is 226 g/mol. The minimum absolute atomic E-state index is 0.462. The lowest BCUT2D eigenvalue weighted by molar-refractivity contribution is -0.195. The van der Waals surface area contributed by atoms with Crippen molar-refractivity contribution in [2.75, 3.05) is 0 Å². The van der Waals surface area contributed by atoms with Crippen LogP contribution in [0.4, 0.5) is 0 Å². The van der Waals surface area contributed by atoms with Crippen LogP contribution in [-0.4, -0.2) is 27.2 Å². The van der Waals surface area contributed by atoms with E-state index in [9.17, 15) is 9.59 Å². The van der Waals surface area contributed by atoms with Crippen LogP contribution < -0.4 is 0 Å². The predicted octanol–water partition coefficient (Wildman–Crippen LogP) is 0.479. The van der Waals surface area contributed by atoms with Gasteiger partial charge in [0.15, 0.2) is 0 Å². The van der Waals surface area contributed by atoms with Crippen LogP contribution in [0.25, 0.3) is 0 Å². The lowest BCUT2D eigenvalue weighted by atomic mass is 10.3. The van der Waals surface area contributed by atoms with Crippen molar-refractivity contribution in [1.29, 1.82) is 0 Å². The van der Waals surface area contributed by atoms with Crippen LogP contribution in [0.3, 0.4) is 0 Å². The molecule has 0 radical (unpaired) electrons. The number of rotatable bonds is 3. The molecule has 0 spiro atoms. The van der Waals surface area contributed by atoms with Gasteiger partial charge in [-0.3, -0.25) is 9.59 Å². The average Bonchev–Trinajstić information content (AvgIpc) is 2.44. The zero-order valence-corrected chi connectivity index (χ0v) is 10.5. The Labute approximate surface area is 90.8 Å². The first-order valence-corrected chi connectivity index (χ1v) is 6.90. The van der Waals surface area contributed by atoms with Crippen molar-refractivity contribution in [3.63, 3.8) is 0 Å². The molecule has 0 bridgehead atoms. The van der Waals surface area contributed by atoms with Gasteiger partial charge < -0.3 is 9.47 Å². The third kappa shape index (κ3) is 2.56. The summed E-state index contributed by atoms with van der Waals surface area (Å²) in [5.41, 5.74) is 0. The molecule has 0 aromatic heterocycles. The fourth-order valence-corrected chi connectivity index (χ4v) is 2.65. The smallest absolute Gasteiger partial charge is 0.306 e. The van der Waals surface area contributed by atoms with Crippen molar-refractivity contribution in [1.82, 2.24) is 0 Å². The Hall–Kier alpha value is -1.36. The lowest BCUT2D eigenvalue weighted by Gasteiger charge is -2.28. The summed E-state index contributed by atoms with van der Waals surface area (Å²) in [6, 6.07) is 0. The summed E-state index contributed by atoms with van der Waals surface area (Å²) in [7, 11) is -0.555. The average molecular weight is 226 g/mol. The summed E-state index contributed by atoms with van der Waals surface area (Å²) >= 11 is 0. The summed E-state index contributed by atoms with van der Waals surface area (Å²) in [6.45, 7) is 4.64. The van der Waals surface area contributed by atoms with Gasteiger partial charge >= 0.3 is 11.9 Å². The number of carbonyl (C=O) groups is 2. The van der Waals surface area contributed by atoms with Crippen LogP contribution in [0.15, 0.2) is 23.4 Å². The minimum atomic E-state index is -1.25. The van der Waals surface area contributed by atoms with E-state index < -0.39 is 27.2 Å². The van der Waals surface area contributed by atoms with Crippen LogP contribution in [0.2, 0.25) is 6.55 Å². The molecule has 1 rings (SSSR count). The van der Waals surface area contributed by atoms with Crippen LogP contribution in [0, 0.1) is 0 Å². The molecule has 0 N–H and O–H groups in total. The first-order chi connectivity index (χ1) is 7.00. The molecule has 0 amide bonds. The number of hydrogen-bond acceptors (Lipinski definition) is 4. The normalized spacial score (nSPS) is 17.9. The lowest BCUT2D eigenvalue weighted by Crippen LogP contribution is -2.39. The number of allylic oxidation sites excluding steroid dienone is 2. The maximum atomic E-state index is 11.0. The van der Waals surface area contributed by atoms with E-state index in [1.54, 1.807) is 12.2 Å². The highest BCUT2D eigenvalue weighted by molar-refractivity contribution is 6.44. The second kappa shape index (κ2) is 4.44. The van der Waals surface area contributed by atoms with Gasteiger partial charge in [0.05, 0.1) is 9.52 Å². The van der Waals surface area contributed by atoms with Crippen molar-refractivity contribution in [3.8, 4) is 0 Å². The highest BCUT2D eigenvalue weighted by Crippen LogP contribution is 2.29. The fourth-order valence-electron chi connectivity index (χ4n) is 1.53. The molecule has 0 aromatic rings. The van der Waals surface area contributed by atoms with Crippen LogP contribution in [0.5, 0.6) is 0 Å². The summed E-state index contributed by atoms with van der Waals surface area (Å²) in [5, 5.41) is 0.896. The first-order valence-electron chi connectivity index (χ1n) is 4.78. The fraction of sp³-hybridized carbons (Fsp3) is 0.400.